The molecule has 1 N–H and O–H groups in total. The normalized spacial score (nSPS) is 10.9. The van der Waals surface area contributed by atoms with E-state index >= 15 is 0 Å². The zero-order chi connectivity index (χ0) is 21.6. The van der Waals surface area contributed by atoms with Crippen LogP contribution in [0, 0.1) is 18.3 Å². The van der Waals surface area contributed by atoms with Crippen LogP contribution in [0.15, 0.2) is 65.1 Å². The number of rotatable bonds is 8. The van der Waals surface area contributed by atoms with Gasteiger partial charge in [0.05, 0.1) is 0 Å². The van der Waals surface area contributed by atoms with E-state index in [1.54, 1.807) is 0 Å². The third kappa shape index (κ3) is 4.45. The number of nitrogens with zero attached hydrogens (tertiary/aromatic N) is 2. The Morgan fingerprint density at radius 2 is 1.87 bits per heavy atom. The molecule has 0 aliphatic rings. The predicted molar refractivity (Wildman–Crippen MR) is 123 cm³/mol. The van der Waals surface area contributed by atoms with Crippen LogP contribution in [0.5, 0.6) is 5.75 Å². The van der Waals surface area contributed by atoms with E-state index in [0.717, 1.165) is 46.3 Å². The molecule has 1 heterocycles. The molecule has 0 amide bonds. The Bertz CT molecular complexity index is 1220. The monoisotopic (exact) mass is 411 g/mol. The van der Waals surface area contributed by atoms with Gasteiger partial charge in [0.2, 0.25) is 5.89 Å². The van der Waals surface area contributed by atoms with E-state index in [1.165, 1.54) is 0 Å². The van der Waals surface area contributed by atoms with Crippen LogP contribution in [-0.4, -0.2) is 18.1 Å². The lowest BCUT2D eigenvalue weighted by Gasteiger charge is -2.09. The number of benzene rings is 3. The van der Waals surface area contributed by atoms with E-state index < -0.39 is 0 Å². The Morgan fingerprint density at radius 3 is 2.65 bits per heavy atom. The van der Waals surface area contributed by atoms with E-state index in [-0.39, 0.29) is 6.61 Å². The Kier molecular flexibility index (Phi) is 6.30. The molecule has 0 unspecified atom stereocenters. The maximum Gasteiger partial charge on any atom is 0.227 e. The summed E-state index contributed by atoms with van der Waals surface area (Å²) < 4.78 is 11.8. The quantitative estimate of drug-likeness (QED) is 0.367. The lowest BCUT2D eigenvalue weighted by Crippen LogP contribution is -2.14. The van der Waals surface area contributed by atoms with Crippen LogP contribution in [0.2, 0.25) is 0 Å². The molecule has 0 aliphatic carbocycles. The van der Waals surface area contributed by atoms with Crippen molar-refractivity contribution < 1.29 is 9.15 Å². The molecule has 0 spiro atoms. The SMILES string of the molecule is CCCNCc1cc2nc(-c3cccc(-c4ccccc4)c3C)oc2cc1OCC#N. The fraction of sp³-hybridized carbons (Fsp3) is 0.231. The van der Waals surface area contributed by atoms with Crippen LogP contribution in [0.4, 0.5) is 0 Å². The topological polar surface area (TPSA) is 71.1 Å². The summed E-state index contributed by atoms with van der Waals surface area (Å²) in [6.45, 7) is 5.76. The second-order valence-corrected chi connectivity index (χ2v) is 7.41. The van der Waals surface area contributed by atoms with Gasteiger partial charge < -0.3 is 14.5 Å². The van der Waals surface area contributed by atoms with Gasteiger partial charge in [-0.3, -0.25) is 0 Å². The van der Waals surface area contributed by atoms with Crippen LogP contribution in [0.3, 0.4) is 0 Å². The highest BCUT2D eigenvalue weighted by Gasteiger charge is 2.16. The number of hydrogen-bond donors (Lipinski definition) is 1. The summed E-state index contributed by atoms with van der Waals surface area (Å²) in [5.41, 5.74) is 6.78. The molecule has 4 rings (SSSR count). The highest BCUT2D eigenvalue weighted by atomic mass is 16.5. The van der Waals surface area contributed by atoms with Crippen molar-refractivity contribution in [1.29, 1.82) is 5.26 Å². The molecule has 4 aromatic rings. The molecule has 5 nitrogen and oxygen atoms in total. The van der Waals surface area contributed by atoms with Crippen molar-refractivity contribution in [3.8, 4) is 34.4 Å². The van der Waals surface area contributed by atoms with Gasteiger partial charge in [0.15, 0.2) is 12.2 Å². The highest BCUT2D eigenvalue weighted by molar-refractivity contribution is 5.81. The molecule has 156 valence electrons. The van der Waals surface area contributed by atoms with Crippen molar-refractivity contribution in [3.05, 3.63) is 71.8 Å². The minimum absolute atomic E-state index is 0.00842. The van der Waals surface area contributed by atoms with Gasteiger partial charge in [-0.15, -0.1) is 0 Å². The minimum atomic E-state index is -0.00842. The van der Waals surface area contributed by atoms with Crippen molar-refractivity contribution in [3.63, 3.8) is 0 Å². The summed E-state index contributed by atoms with van der Waals surface area (Å²) in [5, 5.41) is 12.3. The Hall–Kier alpha value is -3.62. The molecular weight excluding hydrogens is 386 g/mol. The van der Waals surface area contributed by atoms with Crippen LogP contribution in [-0.2, 0) is 6.54 Å². The second-order valence-electron chi connectivity index (χ2n) is 7.41. The Labute approximate surface area is 182 Å². The van der Waals surface area contributed by atoms with Crippen LogP contribution >= 0.6 is 0 Å². The lowest BCUT2D eigenvalue weighted by atomic mass is 9.96. The van der Waals surface area contributed by atoms with Gasteiger partial charge in [0.25, 0.3) is 0 Å². The Balaban J connectivity index is 1.75. The lowest BCUT2D eigenvalue weighted by molar-refractivity contribution is 0.362. The highest BCUT2D eigenvalue weighted by Crippen LogP contribution is 2.34. The molecule has 0 aliphatic heterocycles. The average Bonchev–Trinajstić information content (AvgIpc) is 3.21. The van der Waals surface area contributed by atoms with Crippen molar-refractivity contribution in [1.82, 2.24) is 10.3 Å². The largest absolute Gasteiger partial charge is 0.478 e. The number of aromatic nitrogens is 1. The first kappa shape index (κ1) is 20.6. The van der Waals surface area contributed by atoms with Crippen LogP contribution < -0.4 is 10.1 Å². The predicted octanol–water partition coefficient (Wildman–Crippen LogP) is 5.87. The summed E-state index contributed by atoms with van der Waals surface area (Å²) in [6.07, 6.45) is 1.04. The number of ether oxygens (including phenoxy) is 1. The summed E-state index contributed by atoms with van der Waals surface area (Å²) in [5.74, 6) is 1.23. The van der Waals surface area contributed by atoms with Gasteiger partial charge in [-0.05, 0) is 48.7 Å². The van der Waals surface area contributed by atoms with Crippen LogP contribution in [0.25, 0.3) is 33.7 Å². The fourth-order valence-electron chi connectivity index (χ4n) is 3.69. The summed E-state index contributed by atoms with van der Waals surface area (Å²) >= 11 is 0. The fourth-order valence-corrected chi connectivity index (χ4v) is 3.69. The molecule has 5 heteroatoms. The summed E-state index contributed by atoms with van der Waals surface area (Å²) in [4.78, 5) is 4.77. The van der Waals surface area contributed by atoms with Gasteiger partial charge in [-0.2, -0.15) is 5.26 Å². The molecule has 1 aromatic heterocycles. The molecule has 0 atom stereocenters. The molecule has 0 bridgehead atoms. The maximum absolute atomic E-state index is 8.92. The number of oxazole rings is 1. The van der Waals surface area contributed by atoms with Crippen molar-refractivity contribution in [2.45, 2.75) is 26.8 Å². The molecule has 0 saturated heterocycles. The van der Waals surface area contributed by atoms with Gasteiger partial charge >= 0.3 is 0 Å². The molecule has 0 radical (unpaired) electrons. The third-order valence-corrected chi connectivity index (χ3v) is 5.25. The standard InChI is InChI=1S/C26H25N3O2/c1-3-13-28-17-20-15-23-25(16-24(20)30-14-12-27)31-26(29-23)22-11-7-10-21(18(22)2)19-8-5-4-6-9-19/h4-11,15-16,28H,3,13-14,17H2,1-2H3. The molecule has 0 fully saturated rings. The van der Waals surface area contributed by atoms with Crippen molar-refractivity contribution >= 4 is 11.1 Å². The zero-order valence-electron chi connectivity index (χ0n) is 17.8. The second kappa shape index (κ2) is 9.46. The number of nitrogens with one attached hydrogen (secondary N) is 1. The van der Waals surface area contributed by atoms with E-state index in [2.05, 4.69) is 37.4 Å². The Morgan fingerprint density at radius 1 is 1.06 bits per heavy atom. The molecule has 0 saturated carbocycles. The van der Waals surface area contributed by atoms with Gasteiger partial charge in [0, 0.05) is 23.7 Å². The summed E-state index contributed by atoms with van der Waals surface area (Å²) in [6, 6.07) is 22.3. The van der Waals surface area contributed by atoms with E-state index in [0.29, 0.717) is 23.8 Å². The summed E-state index contributed by atoms with van der Waals surface area (Å²) in [7, 11) is 0. The molecule has 3 aromatic carbocycles. The van der Waals surface area contributed by atoms with E-state index in [4.69, 9.17) is 19.4 Å². The smallest absolute Gasteiger partial charge is 0.227 e. The third-order valence-electron chi connectivity index (χ3n) is 5.25. The van der Waals surface area contributed by atoms with E-state index in [1.807, 2.05) is 48.5 Å². The van der Waals surface area contributed by atoms with Gasteiger partial charge in [0.1, 0.15) is 17.3 Å². The minimum Gasteiger partial charge on any atom is -0.478 e. The number of fused-ring (bicyclic) bond motifs is 1. The maximum atomic E-state index is 8.92. The molecule has 31 heavy (non-hydrogen) atoms. The number of hydrogen-bond acceptors (Lipinski definition) is 5. The van der Waals surface area contributed by atoms with E-state index in [9.17, 15) is 0 Å². The zero-order valence-corrected chi connectivity index (χ0v) is 17.8. The first-order valence-corrected chi connectivity index (χ1v) is 10.5. The van der Waals surface area contributed by atoms with Gasteiger partial charge in [-0.25, -0.2) is 4.98 Å². The van der Waals surface area contributed by atoms with Gasteiger partial charge in [-0.1, -0.05) is 49.4 Å². The number of nitriles is 1. The average molecular weight is 412 g/mol. The van der Waals surface area contributed by atoms with Crippen molar-refractivity contribution in [2.75, 3.05) is 13.2 Å². The first-order chi connectivity index (χ1) is 15.2. The molecular formula is C26H25N3O2. The van der Waals surface area contributed by atoms with Crippen molar-refractivity contribution in [2.24, 2.45) is 0 Å². The van der Waals surface area contributed by atoms with Crippen LogP contribution in [0.1, 0.15) is 24.5 Å². The first-order valence-electron chi connectivity index (χ1n) is 10.5.